The summed E-state index contributed by atoms with van der Waals surface area (Å²) in [4.78, 5) is 4.00. The predicted octanol–water partition coefficient (Wildman–Crippen LogP) is 1.44. The molecule has 16 heavy (non-hydrogen) atoms. The zero-order valence-corrected chi connectivity index (χ0v) is 10.3. The Labute approximate surface area is 98.5 Å². The Morgan fingerprint density at radius 3 is 2.56 bits per heavy atom. The summed E-state index contributed by atoms with van der Waals surface area (Å²) in [6.45, 7) is 7.23. The molecule has 0 aliphatic heterocycles. The van der Waals surface area contributed by atoms with Gasteiger partial charge in [0.2, 0.25) is 0 Å². The van der Waals surface area contributed by atoms with Crippen molar-refractivity contribution in [1.82, 2.24) is 10.3 Å². The van der Waals surface area contributed by atoms with Gasteiger partial charge in [0.25, 0.3) is 0 Å². The van der Waals surface area contributed by atoms with Crippen LogP contribution in [0.15, 0.2) is 24.5 Å². The zero-order chi connectivity index (χ0) is 11.8. The fourth-order valence-corrected chi connectivity index (χ4v) is 1.66. The van der Waals surface area contributed by atoms with Gasteiger partial charge in [-0.25, -0.2) is 0 Å². The molecule has 1 atom stereocenters. The molecule has 0 amide bonds. The average molecular weight is 221 g/mol. The number of hydrogen-bond donors (Lipinski definition) is 2. The van der Waals surface area contributed by atoms with Gasteiger partial charge < -0.3 is 11.1 Å². The van der Waals surface area contributed by atoms with Crippen molar-refractivity contribution in [2.45, 2.75) is 20.3 Å². The minimum absolute atomic E-state index is 0.581. The van der Waals surface area contributed by atoms with Gasteiger partial charge in [-0.05, 0) is 55.6 Å². The van der Waals surface area contributed by atoms with Crippen LogP contribution in [-0.4, -0.2) is 24.6 Å². The first-order valence-electron chi connectivity index (χ1n) is 6.03. The summed E-state index contributed by atoms with van der Waals surface area (Å²) in [5, 5.41) is 3.47. The molecular formula is C13H23N3. The van der Waals surface area contributed by atoms with Gasteiger partial charge in [0, 0.05) is 12.4 Å². The van der Waals surface area contributed by atoms with Crippen molar-refractivity contribution in [3.05, 3.63) is 30.1 Å². The number of aromatic nitrogens is 1. The van der Waals surface area contributed by atoms with Crippen LogP contribution in [0, 0.1) is 11.8 Å². The number of rotatable bonds is 7. The SMILES string of the molecule is CC(C)C(CN)CNCCc1ccncc1. The van der Waals surface area contributed by atoms with Gasteiger partial charge in [0.15, 0.2) is 0 Å². The van der Waals surface area contributed by atoms with Crippen LogP contribution < -0.4 is 11.1 Å². The maximum Gasteiger partial charge on any atom is 0.0270 e. The molecule has 0 aliphatic rings. The third kappa shape index (κ3) is 4.73. The standard InChI is InChI=1S/C13H23N3/c1-11(2)13(9-14)10-16-8-5-12-3-6-15-7-4-12/h3-4,6-7,11,13,16H,5,8-10,14H2,1-2H3. The third-order valence-electron chi connectivity index (χ3n) is 2.99. The Kier molecular flexibility index (Phi) is 6.04. The molecule has 3 heteroatoms. The Hall–Kier alpha value is -0.930. The van der Waals surface area contributed by atoms with E-state index in [-0.39, 0.29) is 0 Å². The van der Waals surface area contributed by atoms with E-state index in [1.165, 1.54) is 5.56 Å². The molecule has 3 N–H and O–H groups in total. The quantitative estimate of drug-likeness (QED) is 0.685. The predicted molar refractivity (Wildman–Crippen MR) is 68.2 cm³/mol. The minimum Gasteiger partial charge on any atom is -0.330 e. The Morgan fingerprint density at radius 2 is 2.00 bits per heavy atom. The van der Waals surface area contributed by atoms with Crippen molar-refractivity contribution < 1.29 is 0 Å². The first kappa shape index (κ1) is 13.1. The molecule has 0 fully saturated rings. The fraction of sp³-hybridized carbons (Fsp3) is 0.615. The van der Waals surface area contributed by atoms with Crippen LogP contribution in [0.3, 0.4) is 0 Å². The third-order valence-corrected chi connectivity index (χ3v) is 2.99. The van der Waals surface area contributed by atoms with Gasteiger partial charge in [-0.2, -0.15) is 0 Å². The van der Waals surface area contributed by atoms with Crippen LogP contribution in [0.4, 0.5) is 0 Å². The number of nitrogens with one attached hydrogen (secondary N) is 1. The second-order valence-electron chi connectivity index (χ2n) is 4.55. The van der Waals surface area contributed by atoms with E-state index in [0.29, 0.717) is 11.8 Å². The van der Waals surface area contributed by atoms with Crippen molar-refractivity contribution in [1.29, 1.82) is 0 Å². The summed E-state index contributed by atoms with van der Waals surface area (Å²) < 4.78 is 0. The second-order valence-corrected chi connectivity index (χ2v) is 4.55. The first-order chi connectivity index (χ1) is 7.74. The van der Waals surface area contributed by atoms with Crippen LogP contribution in [0.25, 0.3) is 0 Å². The summed E-state index contributed by atoms with van der Waals surface area (Å²) in [6.07, 6.45) is 4.73. The molecule has 1 unspecified atom stereocenters. The maximum atomic E-state index is 5.72. The highest BCUT2D eigenvalue weighted by Crippen LogP contribution is 2.07. The molecule has 1 rings (SSSR count). The number of nitrogens with zero attached hydrogens (tertiary/aromatic N) is 1. The zero-order valence-electron chi connectivity index (χ0n) is 10.3. The summed E-state index contributed by atoms with van der Waals surface area (Å²) >= 11 is 0. The Balaban J connectivity index is 2.16. The summed E-state index contributed by atoms with van der Waals surface area (Å²) in [6, 6.07) is 4.12. The lowest BCUT2D eigenvalue weighted by Gasteiger charge is -2.19. The molecule has 0 aliphatic carbocycles. The van der Waals surface area contributed by atoms with E-state index in [9.17, 15) is 0 Å². The van der Waals surface area contributed by atoms with Crippen molar-refractivity contribution in [3.8, 4) is 0 Å². The topological polar surface area (TPSA) is 50.9 Å². The van der Waals surface area contributed by atoms with Gasteiger partial charge in [0.05, 0.1) is 0 Å². The maximum absolute atomic E-state index is 5.72. The van der Waals surface area contributed by atoms with Crippen LogP contribution in [-0.2, 0) is 6.42 Å². The number of pyridine rings is 1. The number of nitrogens with two attached hydrogens (primary N) is 1. The molecule has 0 saturated heterocycles. The van der Waals surface area contributed by atoms with Crippen LogP contribution in [0.5, 0.6) is 0 Å². The van der Waals surface area contributed by atoms with E-state index in [1.807, 2.05) is 12.4 Å². The van der Waals surface area contributed by atoms with E-state index >= 15 is 0 Å². The Bertz CT molecular complexity index is 272. The summed E-state index contributed by atoms with van der Waals surface area (Å²) in [5.41, 5.74) is 7.05. The van der Waals surface area contributed by atoms with E-state index in [4.69, 9.17) is 5.73 Å². The van der Waals surface area contributed by atoms with Crippen LogP contribution >= 0.6 is 0 Å². The second kappa shape index (κ2) is 7.36. The lowest BCUT2D eigenvalue weighted by atomic mass is 9.96. The van der Waals surface area contributed by atoms with Crippen LogP contribution in [0.1, 0.15) is 19.4 Å². The molecule has 1 aromatic rings. The molecule has 0 bridgehead atoms. The molecule has 1 aromatic heterocycles. The van der Waals surface area contributed by atoms with Gasteiger partial charge in [-0.1, -0.05) is 13.8 Å². The van der Waals surface area contributed by atoms with Crippen molar-refractivity contribution >= 4 is 0 Å². The van der Waals surface area contributed by atoms with E-state index in [1.54, 1.807) is 0 Å². The normalized spacial score (nSPS) is 13.0. The van der Waals surface area contributed by atoms with Crippen molar-refractivity contribution in [3.63, 3.8) is 0 Å². The van der Waals surface area contributed by atoms with Crippen LogP contribution in [0.2, 0.25) is 0 Å². The van der Waals surface area contributed by atoms with E-state index in [2.05, 4.69) is 36.3 Å². The summed E-state index contributed by atoms with van der Waals surface area (Å²) in [7, 11) is 0. The minimum atomic E-state index is 0.581. The van der Waals surface area contributed by atoms with E-state index < -0.39 is 0 Å². The first-order valence-corrected chi connectivity index (χ1v) is 6.03. The molecular weight excluding hydrogens is 198 g/mol. The average Bonchev–Trinajstić information content (AvgIpc) is 2.30. The van der Waals surface area contributed by atoms with Gasteiger partial charge in [0.1, 0.15) is 0 Å². The molecule has 0 aromatic carbocycles. The number of hydrogen-bond acceptors (Lipinski definition) is 3. The molecule has 90 valence electrons. The molecule has 1 heterocycles. The van der Waals surface area contributed by atoms with Crippen molar-refractivity contribution in [2.75, 3.05) is 19.6 Å². The largest absolute Gasteiger partial charge is 0.330 e. The lowest BCUT2D eigenvalue weighted by Crippen LogP contribution is -2.32. The van der Waals surface area contributed by atoms with E-state index in [0.717, 1.165) is 26.1 Å². The smallest absolute Gasteiger partial charge is 0.0270 e. The van der Waals surface area contributed by atoms with Gasteiger partial charge in [-0.3, -0.25) is 4.98 Å². The molecule has 3 nitrogen and oxygen atoms in total. The molecule has 0 saturated carbocycles. The highest BCUT2D eigenvalue weighted by molar-refractivity contribution is 5.09. The highest BCUT2D eigenvalue weighted by atomic mass is 14.9. The van der Waals surface area contributed by atoms with Crippen molar-refractivity contribution in [2.24, 2.45) is 17.6 Å². The highest BCUT2D eigenvalue weighted by Gasteiger charge is 2.09. The van der Waals surface area contributed by atoms with Gasteiger partial charge >= 0.3 is 0 Å². The monoisotopic (exact) mass is 221 g/mol. The fourth-order valence-electron chi connectivity index (χ4n) is 1.66. The van der Waals surface area contributed by atoms with Gasteiger partial charge in [-0.15, -0.1) is 0 Å². The molecule has 0 spiro atoms. The Morgan fingerprint density at radius 1 is 1.31 bits per heavy atom. The summed E-state index contributed by atoms with van der Waals surface area (Å²) in [5.74, 6) is 1.23. The molecule has 0 radical (unpaired) electrons. The lowest BCUT2D eigenvalue weighted by molar-refractivity contribution is 0.372.